The number of ketones is 1. The molecule has 4 rings (SSSR count). The molecule has 2 aromatic heterocycles. The van der Waals surface area contributed by atoms with Crippen molar-refractivity contribution in [2.24, 2.45) is 5.92 Å². The van der Waals surface area contributed by atoms with E-state index in [1.807, 2.05) is 30.5 Å². The molecule has 7 heteroatoms. The molecule has 1 N–H and O–H groups in total. The van der Waals surface area contributed by atoms with E-state index in [2.05, 4.69) is 22.2 Å². The summed E-state index contributed by atoms with van der Waals surface area (Å²) in [5.74, 6) is 0.0231. The number of benzene rings is 1. The van der Waals surface area contributed by atoms with Gasteiger partial charge in [0.05, 0.1) is 18.8 Å². The lowest BCUT2D eigenvalue weighted by atomic mass is 9.83. The average molecular weight is 426 g/mol. The molecule has 1 fully saturated rings. The van der Waals surface area contributed by atoms with Crippen LogP contribution in [-0.2, 0) is 0 Å². The van der Waals surface area contributed by atoms with Crippen molar-refractivity contribution in [3.05, 3.63) is 65.0 Å². The van der Waals surface area contributed by atoms with Crippen LogP contribution in [0, 0.1) is 18.7 Å². The van der Waals surface area contributed by atoms with Gasteiger partial charge in [-0.15, -0.1) is 11.3 Å². The van der Waals surface area contributed by atoms with Gasteiger partial charge in [-0.3, -0.25) is 4.79 Å². The summed E-state index contributed by atoms with van der Waals surface area (Å²) in [4.78, 5) is 21.8. The van der Waals surface area contributed by atoms with Gasteiger partial charge in [-0.1, -0.05) is 0 Å². The Morgan fingerprint density at radius 1 is 1.27 bits per heavy atom. The van der Waals surface area contributed by atoms with E-state index in [0.717, 1.165) is 35.2 Å². The highest BCUT2D eigenvalue weighted by Crippen LogP contribution is 2.28. The summed E-state index contributed by atoms with van der Waals surface area (Å²) in [5.41, 5.74) is 2.66. The number of Topliss-reactive ketones (excluding diaryl/α,β-unsaturated/α-hetero) is 1. The molecule has 3 aromatic rings. The molecular formula is C23H24FN3O2S. The van der Waals surface area contributed by atoms with Crippen molar-refractivity contribution in [1.82, 2.24) is 15.3 Å². The maximum absolute atomic E-state index is 13.5. The van der Waals surface area contributed by atoms with Crippen LogP contribution in [0.2, 0.25) is 0 Å². The van der Waals surface area contributed by atoms with Crippen molar-refractivity contribution in [2.75, 3.05) is 6.61 Å². The van der Waals surface area contributed by atoms with E-state index in [0.29, 0.717) is 18.1 Å². The summed E-state index contributed by atoms with van der Waals surface area (Å²) in [6.45, 7) is 4.43. The number of carbonyl (C=O) groups is 1. The molecule has 5 nitrogen and oxygen atoms in total. The van der Waals surface area contributed by atoms with Gasteiger partial charge in [0, 0.05) is 40.7 Å². The summed E-state index contributed by atoms with van der Waals surface area (Å²) in [7, 11) is 0. The normalized spacial score (nSPS) is 21.4. The summed E-state index contributed by atoms with van der Waals surface area (Å²) in [5, 5.41) is 6.29. The number of halogens is 1. The number of nitrogens with one attached hydrogen (secondary N) is 1. The van der Waals surface area contributed by atoms with Crippen molar-refractivity contribution >= 4 is 17.1 Å². The number of piperidine rings is 1. The lowest BCUT2D eigenvalue weighted by Crippen LogP contribution is -2.52. The van der Waals surface area contributed by atoms with Gasteiger partial charge < -0.3 is 10.1 Å². The van der Waals surface area contributed by atoms with Gasteiger partial charge in [0.1, 0.15) is 10.8 Å². The summed E-state index contributed by atoms with van der Waals surface area (Å²) in [6, 6.07) is 8.63. The monoisotopic (exact) mass is 425 g/mol. The first kappa shape index (κ1) is 20.6. The lowest BCUT2D eigenvalue weighted by molar-refractivity contribution is 0.0803. The maximum atomic E-state index is 13.5. The number of carbonyl (C=O) groups excluding carboxylic acids is 1. The molecule has 0 radical (unpaired) electrons. The zero-order chi connectivity index (χ0) is 21.1. The van der Waals surface area contributed by atoms with Crippen LogP contribution in [0.1, 0.15) is 35.7 Å². The minimum atomic E-state index is -0.404. The first-order valence-electron chi connectivity index (χ1n) is 10.1. The molecular weight excluding hydrogens is 401 g/mol. The Hall–Kier alpha value is -2.64. The molecule has 0 bridgehead atoms. The number of aryl methyl sites for hydroxylation is 1. The minimum Gasteiger partial charge on any atom is -0.477 e. The quantitative estimate of drug-likeness (QED) is 0.582. The average Bonchev–Trinajstić information content (AvgIpc) is 3.28. The van der Waals surface area contributed by atoms with Crippen LogP contribution < -0.4 is 10.1 Å². The Labute approximate surface area is 179 Å². The third-order valence-electron chi connectivity index (χ3n) is 5.38. The van der Waals surface area contributed by atoms with E-state index in [1.165, 1.54) is 12.1 Å². The second-order valence-corrected chi connectivity index (χ2v) is 8.69. The number of thiazole rings is 1. The number of hydrogen-bond acceptors (Lipinski definition) is 6. The highest BCUT2D eigenvalue weighted by atomic mass is 32.1. The van der Waals surface area contributed by atoms with Crippen LogP contribution in [0.15, 0.2) is 48.1 Å². The van der Waals surface area contributed by atoms with Gasteiger partial charge in [-0.2, -0.15) is 0 Å². The van der Waals surface area contributed by atoms with Crippen LogP contribution in [0.3, 0.4) is 0 Å². The van der Waals surface area contributed by atoms with E-state index >= 15 is 0 Å². The number of rotatable bonds is 6. The van der Waals surface area contributed by atoms with Gasteiger partial charge in [0.15, 0.2) is 5.78 Å². The molecule has 3 atom stereocenters. The SMILES string of the molecule is Cc1cc(C(=O)C2N[C@H](C)CC[C@H]2COc2ccc(F)cn2)cc(-c2nccs2)c1. The molecule has 0 aliphatic carbocycles. The highest BCUT2D eigenvalue weighted by molar-refractivity contribution is 7.13. The van der Waals surface area contributed by atoms with Crippen LogP contribution >= 0.6 is 11.3 Å². The molecule has 1 aliphatic rings. The van der Waals surface area contributed by atoms with Crippen molar-refractivity contribution in [3.8, 4) is 16.5 Å². The largest absolute Gasteiger partial charge is 0.477 e. The molecule has 0 spiro atoms. The molecule has 0 saturated carbocycles. The van der Waals surface area contributed by atoms with Crippen molar-refractivity contribution in [1.29, 1.82) is 0 Å². The minimum absolute atomic E-state index is 0.00405. The lowest BCUT2D eigenvalue weighted by Gasteiger charge is -2.35. The molecule has 1 unspecified atom stereocenters. The van der Waals surface area contributed by atoms with E-state index in [9.17, 15) is 9.18 Å². The number of hydrogen-bond donors (Lipinski definition) is 1. The molecule has 1 saturated heterocycles. The predicted molar refractivity (Wildman–Crippen MR) is 115 cm³/mol. The number of pyridine rings is 1. The second kappa shape index (κ2) is 9.02. The fourth-order valence-corrected chi connectivity index (χ4v) is 4.49. The van der Waals surface area contributed by atoms with Crippen LogP contribution in [0.25, 0.3) is 10.6 Å². The Bertz CT molecular complexity index is 1010. The van der Waals surface area contributed by atoms with Gasteiger partial charge in [0.2, 0.25) is 5.88 Å². The van der Waals surface area contributed by atoms with Crippen molar-refractivity contribution < 1.29 is 13.9 Å². The zero-order valence-electron chi connectivity index (χ0n) is 17.0. The second-order valence-electron chi connectivity index (χ2n) is 7.80. The van der Waals surface area contributed by atoms with E-state index in [-0.39, 0.29) is 23.8 Å². The molecule has 156 valence electrons. The smallest absolute Gasteiger partial charge is 0.213 e. The molecule has 3 heterocycles. The zero-order valence-corrected chi connectivity index (χ0v) is 17.8. The van der Waals surface area contributed by atoms with E-state index in [4.69, 9.17) is 4.74 Å². The molecule has 30 heavy (non-hydrogen) atoms. The fourth-order valence-electron chi connectivity index (χ4n) is 3.86. The number of nitrogens with zero attached hydrogens (tertiary/aromatic N) is 2. The van der Waals surface area contributed by atoms with Crippen LogP contribution in [-0.4, -0.2) is 34.4 Å². The first-order chi connectivity index (χ1) is 14.5. The third-order valence-corrected chi connectivity index (χ3v) is 6.20. The van der Waals surface area contributed by atoms with E-state index in [1.54, 1.807) is 17.5 Å². The Morgan fingerprint density at radius 2 is 2.13 bits per heavy atom. The maximum Gasteiger partial charge on any atom is 0.213 e. The van der Waals surface area contributed by atoms with Gasteiger partial charge in [-0.05, 0) is 56.5 Å². The van der Waals surface area contributed by atoms with Crippen LogP contribution in [0.4, 0.5) is 4.39 Å². The van der Waals surface area contributed by atoms with Gasteiger partial charge >= 0.3 is 0 Å². The van der Waals surface area contributed by atoms with Crippen molar-refractivity contribution in [2.45, 2.75) is 38.8 Å². The van der Waals surface area contributed by atoms with Gasteiger partial charge in [-0.25, -0.2) is 14.4 Å². The standard InChI is InChI=1S/C23H24FN3O2S/c1-14-9-17(11-18(10-14)23-25-7-8-30-23)22(28)21-16(4-3-15(2)27-21)13-29-20-6-5-19(24)12-26-20/h5-12,15-16,21,27H,3-4,13H2,1-2H3/t15-,16+,21?/m1/s1. The molecule has 0 amide bonds. The topological polar surface area (TPSA) is 64.1 Å². The van der Waals surface area contributed by atoms with Crippen molar-refractivity contribution in [3.63, 3.8) is 0 Å². The molecule has 1 aliphatic heterocycles. The van der Waals surface area contributed by atoms with E-state index < -0.39 is 5.82 Å². The summed E-state index contributed by atoms with van der Waals surface area (Å²) >= 11 is 1.56. The Balaban J connectivity index is 1.54. The van der Waals surface area contributed by atoms with Gasteiger partial charge in [0.25, 0.3) is 0 Å². The van der Waals surface area contributed by atoms with Crippen LogP contribution in [0.5, 0.6) is 5.88 Å². The predicted octanol–water partition coefficient (Wildman–Crippen LogP) is 4.67. The number of ether oxygens (including phenoxy) is 1. The Morgan fingerprint density at radius 3 is 2.87 bits per heavy atom. The molecule has 1 aromatic carbocycles. The fraction of sp³-hybridized carbons (Fsp3) is 0.348. The number of aromatic nitrogens is 2. The Kier molecular flexibility index (Phi) is 6.20. The highest BCUT2D eigenvalue weighted by Gasteiger charge is 2.34. The summed E-state index contributed by atoms with van der Waals surface area (Å²) in [6.07, 6.45) is 4.74. The summed E-state index contributed by atoms with van der Waals surface area (Å²) < 4.78 is 18.9. The first-order valence-corrected chi connectivity index (χ1v) is 10.9. The third kappa shape index (κ3) is 4.74.